The predicted octanol–water partition coefficient (Wildman–Crippen LogP) is 3.44. The van der Waals surface area contributed by atoms with Crippen molar-refractivity contribution in [3.05, 3.63) is 0 Å². The summed E-state index contributed by atoms with van der Waals surface area (Å²) in [5.41, 5.74) is -1.38. The lowest BCUT2D eigenvalue weighted by atomic mass is 9.78. The Morgan fingerprint density at radius 3 is 2.36 bits per heavy atom. The molecule has 2 heterocycles. The fourth-order valence-corrected chi connectivity index (χ4v) is 7.19. The van der Waals surface area contributed by atoms with Gasteiger partial charge in [0, 0.05) is 44.1 Å². The van der Waals surface area contributed by atoms with E-state index in [1.807, 2.05) is 21.0 Å². The first-order valence-corrected chi connectivity index (χ1v) is 17.0. The fourth-order valence-electron chi connectivity index (χ4n) is 7.19. The van der Waals surface area contributed by atoms with E-state index < -0.39 is 41.9 Å². The molecule has 1 saturated carbocycles. The van der Waals surface area contributed by atoms with E-state index in [-0.39, 0.29) is 36.4 Å². The number of nitrogens with zero attached hydrogens (tertiary/aromatic N) is 3. The molecule has 10 heteroatoms. The molecular weight excluding hydrogens is 562 g/mol. The van der Waals surface area contributed by atoms with Gasteiger partial charge in [-0.3, -0.25) is 14.5 Å². The number of hydrogen-bond acceptors (Lipinski definition) is 10. The summed E-state index contributed by atoms with van der Waals surface area (Å²) < 4.78 is 24.8. The van der Waals surface area contributed by atoms with Crippen LogP contribution in [-0.2, 0) is 28.5 Å². The summed E-state index contributed by atoms with van der Waals surface area (Å²) in [5.74, 6) is -1.30. The maximum absolute atomic E-state index is 14.1. The normalized spacial score (nSPS) is 36.5. The van der Waals surface area contributed by atoms with E-state index >= 15 is 0 Å². The van der Waals surface area contributed by atoms with Crippen LogP contribution in [0.1, 0.15) is 80.1 Å². The van der Waals surface area contributed by atoms with Crippen LogP contribution < -0.4 is 0 Å². The Morgan fingerprint density at radius 1 is 1.09 bits per heavy atom. The largest absolute Gasteiger partial charge is 0.463 e. The van der Waals surface area contributed by atoms with E-state index in [0.717, 1.165) is 32.5 Å². The number of aliphatic hydroxyl groups excluding tert-OH is 1. The van der Waals surface area contributed by atoms with Gasteiger partial charge in [0.15, 0.2) is 12.1 Å². The summed E-state index contributed by atoms with van der Waals surface area (Å²) in [6, 6.07) is 0.782. The first kappa shape index (κ1) is 37.3. The van der Waals surface area contributed by atoms with Crippen molar-refractivity contribution in [1.82, 2.24) is 14.7 Å². The second kappa shape index (κ2) is 16.6. The summed E-state index contributed by atoms with van der Waals surface area (Å²) in [5, 5.41) is 11.3. The Kier molecular flexibility index (Phi) is 14.1. The van der Waals surface area contributed by atoms with Gasteiger partial charge in [0.2, 0.25) is 0 Å². The van der Waals surface area contributed by atoms with Crippen molar-refractivity contribution in [3.63, 3.8) is 0 Å². The SMILES string of the molecule is CCN1C[C@H](C)C[C@@H](OC)[C@H](O[C@@H]2O[C@H](C)C[C@H](CN(C)C)[C@H]2O)[C@@H](C)C(=O)C(C)(C)C(=O)OC[C@@H]1CCCN(C)C1CC1. The molecule has 0 aromatic rings. The van der Waals surface area contributed by atoms with Crippen molar-refractivity contribution >= 4 is 11.8 Å². The monoisotopic (exact) mass is 625 g/mol. The van der Waals surface area contributed by atoms with Crippen LogP contribution in [-0.4, -0.2) is 135 Å². The summed E-state index contributed by atoms with van der Waals surface area (Å²) in [7, 11) is 7.81. The molecule has 3 rings (SSSR count). The third-order valence-electron chi connectivity index (χ3n) is 10.1. The van der Waals surface area contributed by atoms with Crippen molar-refractivity contribution in [2.45, 2.75) is 123 Å². The third kappa shape index (κ3) is 9.93. The van der Waals surface area contributed by atoms with Gasteiger partial charge in [0.05, 0.1) is 18.3 Å². The molecule has 0 unspecified atom stereocenters. The molecular formula is C34H63N3O7. The summed E-state index contributed by atoms with van der Waals surface area (Å²) >= 11 is 0. The molecule has 10 nitrogen and oxygen atoms in total. The molecule has 256 valence electrons. The quantitative estimate of drug-likeness (QED) is 0.272. The molecule has 1 aliphatic carbocycles. The highest BCUT2D eigenvalue weighted by atomic mass is 16.7. The van der Waals surface area contributed by atoms with Gasteiger partial charge in [-0.2, -0.15) is 0 Å². The maximum Gasteiger partial charge on any atom is 0.319 e. The number of likely N-dealkylation sites (N-methyl/N-ethyl adjacent to an activating group) is 1. The van der Waals surface area contributed by atoms with E-state index in [1.165, 1.54) is 12.8 Å². The van der Waals surface area contributed by atoms with Gasteiger partial charge in [-0.25, -0.2) is 0 Å². The molecule has 1 N–H and O–H groups in total. The van der Waals surface area contributed by atoms with Gasteiger partial charge in [0.25, 0.3) is 0 Å². The molecule has 44 heavy (non-hydrogen) atoms. The van der Waals surface area contributed by atoms with Crippen molar-refractivity contribution in [3.8, 4) is 0 Å². The van der Waals surface area contributed by atoms with E-state index in [2.05, 4.69) is 35.6 Å². The number of aliphatic hydroxyl groups is 1. The van der Waals surface area contributed by atoms with Crippen LogP contribution in [0.3, 0.4) is 0 Å². The van der Waals surface area contributed by atoms with Crippen molar-refractivity contribution in [2.75, 3.05) is 61.0 Å². The number of hydrogen-bond donors (Lipinski definition) is 1. The number of carbonyl (C=O) groups is 2. The van der Waals surface area contributed by atoms with Crippen LogP contribution in [0.4, 0.5) is 0 Å². The first-order chi connectivity index (χ1) is 20.7. The molecule has 3 fully saturated rings. The number of carbonyl (C=O) groups excluding carboxylic acids is 2. The smallest absolute Gasteiger partial charge is 0.319 e. The minimum Gasteiger partial charge on any atom is -0.463 e. The number of esters is 1. The standard InChI is InChI=1S/C34H63N3O7/c1-11-37-19-22(2)17-28(41-10)30(44-32-29(38)25(20-35(7)8)18-23(3)43-32)24(4)31(39)34(5,6)33(40)42-21-27(37)13-12-16-36(9)26-14-15-26/h22-30,32,38H,11-21H2,1-10H3/t22-,23-,24-,25-,27+,28-,29-,30-,32+/m1/s1. The molecule has 0 bridgehead atoms. The van der Waals surface area contributed by atoms with Crippen molar-refractivity contribution in [2.24, 2.45) is 23.2 Å². The van der Waals surface area contributed by atoms with Gasteiger partial charge in [-0.1, -0.05) is 20.8 Å². The van der Waals surface area contributed by atoms with Crippen LogP contribution in [0.15, 0.2) is 0 Å². The topological polar surface area (TPSA) is 101 Å². The summed E-state index contributed by atoms with van der Waals surface area (Å²) in [6.07, 6.45) is 2.82. The lowest BCUT2D eigenvalue weighted by Gasteiger charge is -2.43. The van der Waals surface area contributed by atoms with E-state index in [4.69, 9.17) is 18.9 Å². The molecule has 2 aliphatic heterocycles. The molecule has 0 amide bonds. The summed E-state index contributed by atoms with van der Waals surface area (Å²) in [4.78, 5) is 34.5. The highest BCUT2D eigenvalue weighted by Crippen LogP contribution is 2.34. The molecule has 0 spiro atoms. The maximum atomic E-state index is 14.1. The second-order valence-electron chi connectivity index (χ2n) is 14.8. The fraction of sp³-hybridized carbons (Fsp3) is 0.941. The molecule has 3 aliphatic rings. The number of rotatable bonds is 11. The van der Waals surface area contributed by atoms with Crippen LogP contribution in [0, 0.1) is 23.2 Å². The lowest BCUT2D eigenvalue weighted by molar-refractivity contribution is -0.285. The lowest BCUT2D eigenvalue weighted by Crippen LogP contribution is -2.54. The van der Waals surface area contributed by atoms with E-state index in [1.54, 1.807) is 27.9 Å². The Labute approximate surface area is 267 Å². The third-order valence-corrected chi connectivity index (χ3v) is 10.1. The van der Waals surface area contributed by atoms with Crippen LogP contribution >= 0.6 is 0 Å². The Bertz CT molecular complexity index is 911. The van der Waals surface area contributed by atoms with Gasteiger partial charge < -0.3 is 33.9 Å². The first-order valence-electron chi connectivity index (χ1n) is 17.0. The molecule has 9 atom stereocenters. The molecule has 0 aromatic heterocycles. The predicted molar refractivity (Wildman–Crippen MR) is 171 cm³/mol. The zero-order valence-corrected chi connectivity index (χ0v) is 29.3. The van der Waals surface area contributed by atoms with Gasteiger partial charge >= 0.3 is 5.97 Å². The second-order valence-corrected chi connectivity index (χ2v) is 14.8. The van der Waals surface area contributed by atoms with E-state index in [0.29, 0.717) is 25.4 Å². The van der Waals surface area contributed by atoms with Gasteiger partial charge in [0.1, 0.15) is 18.1 Å². The van der Waals surface area contributed by atoms with Gasteiger partial charge in [-0.15, -0.1) is 0 Å². The van der Waals surface area contributed by atoms with E-state index in [9.17, 15) is 14.7 Å². The van der Waals surface area contributed by atoms with Crippen molar-refractivity contribution in [1.29, 1.82) is 0 Å². The Hall–Kier alpha value is -1.14. The van der Waals surface area contributed by atoms with Crippen molar-refractivity contribution < 1.29 is 33.6 Å². The van der Waals surface area contributed by atoms with Crippen LogP contribution in [0.5, 0.6) is 0 Å². The van der Waals surface area contributed by atoms with Crippen LogP contribution in [0.25, 0.3) is 0 Å². The number of ketones is 1. The Morgan fingerprint density at radius 2 is 1.77 bits per heavy atom. The Balaban J connectivity index is 1.87. The minimum atomic E-state index is -1.38. The zero-order chi connectivity index (χ0) is 32.8. The minimum absolute atomic E-state index is 0.0371. The van der Waals surface area contributed by atoms with Crippen LogP contribution in [0.2, 0.25) is 0 Å². The van der Waals surface area contributed by atoms with Gasteiger partial charge in [-0.05, 0) is 99.4 Å². The average Bonchev–Trinajstić information content (AvgIpc) is 3.81. The molecule has 2 saturated heterocycles. The molecule has 0 aromatic carbocycles. The average molecular weight is 626 g/mol. The zero-order valence-electron chi connectivity index (χ0n) is 29.3. The summed E-state index contributed by atoms with van der Waals surface area (Å²) in [6.45, 7) is 15.0. The molecule has 0 radical (unpaired) electrons. The highest BCUT2D eigenvalue weighted by molar-refractivity contribution is 6.04. The number of methoxy groups -OCH3 is 1. The number of ether oxygens (including phenoxy) is 4. The highest BCUT2D eigenvalue weighted by Gasteiger charge is 2.48. The number of Topliss-reactive ketones (excluding diaryl/α,β-unsaturated/α-hetero) is 1. The number of cyclic esters (lactones) is 1.